The number of hydrogen-bond acceptors (Lipinski definition) is 3. The molecular formula is C11H17N3O. The van der Waals surface area contributed by atoms with Gasteiger partial charge in [0.25, 0.3) is 0 Å². The van der Waals surface area contributed by atoms with Gasteiger partial charge in [0.2, 0.25) is 5.91 Å². The molecule has 4 heteroatoms. The van der Waals surface area contributed by atoms with E-state index in [4.69, 9.17) is 0 Å². The number of anilines is 1. The van der Waals surface area contributed by atoms with Crippen LogP contribution < -0.4 is 5.32 Å². The molecule has 1 amide bonds. The van der Waals surface area contributed by atoms with Crippen molar-refractivity contribution in [1.82, 2.24) is 9.88 Å². The molecule has 0 fully saturated rings. The Balaban J connectivity index is 2.62. The largest absolute Gasteiger partial charge is 0.323 e. The highest BCUT2D eigenvalue weighted by atomic mass is 16.2. The zero-order valence-electron chi connectivity index (χ0n) is 9.40. The SMILES string of the molecule is CC[C@H](C(=O)Nc1cccnc1)N(C)C. The van der Waals surface area contributed by atoms with Crippen LogP contribution in [0.15, 0.2) is 24.5 Å². The van der Waals surface area contributed by atoms with Crippen molar-refractivity contribution in [3.05, 3.63) is 24.5 Å². The van der Waals surface area contributed by atoms with Gasteiger partial charge < -0.3 is 5.32 Å². The van der Waals surface area contributed by atoms with Crippen molar-refractivity contribution in [2.75, 3.05) is 19.4 Å². The van der Waals surface area contributed by atoms with Crippen LogP contribution in [0.25, 0.3) is 0 Å². The number of nitrogens with zero attached hydrogens (tertiary/aromatic N) is 2. The molecule has 0 saturated heterocycles. The molecule has 1 atom stereocenters. The van der Waals surface area contributed by atoms with E-state index in [-0.39, 0.29) is 11.9 Å². The van der Waals surface area contributed by atoms with E-state index < -0.39 is 0 Å². The maximum absolute atomic E-state index is 11.8. The Labute approximate surface area is 90.3 Å². The van der Waals surface area contributed by atoms with Gasteiger partial charge in [-0.15, -0.1) is 0 Å². The number of nitrogens with one attached hydrogen (secondary N) is 1. The minimum atomic E-state index is -0.0924. The molecule has 0 aliphatic carbocycles. The van der Waals surface area contributed by atoms with Gasteiger partial charge in [0, 0.05) is 6.20 Å². The Morgan fingerprint density at radius 2 is 2.33 bits per heavy atom. The van der Waals surface area contributed by atoms with Crippen LogP contribution in [0.4, 0.5) is 5.69 Å². The van der Waals surface area contributed by atoms with Gasteiger partial charge in [-0.05, 0) is 32.6 Å². The molecule has 1 rings (SSSR count). The molecule has 1 aromatic heterocycles. The predicted octanol–water partition coefficient (Wildman–Crippen LogP) is 1.36. The second-order valence-electron chi connectivity index (χ2n) is 3.62. The summed E-state index contributed by atoms with van der Waals surface area (Å²) in [6.45, 7) is 1.99. The van der Waals surface area contributed by atoms with Gasteiger partial charge >= 0.3 is 0 Å². The van der Waals surface area contributed by atoms with Crippen molar-refractivity contribution < 1.29 is 4.79 Å². The molecule has 0 saturated carbocycles. The van der Waals surface area contributed by atoms with Crippen molar-refractivity contribution >= 4 is 11.6 Å². The average molecular weight is 207 g/mol. The fourth-order valence-electron chi connectivity index (χ4n) is 1.45. The smallest absolute Gasteiger partial charge is 0.241 e. The van der Waals surface area contributed by atoms with Crippen LogP contribution in [-0.4, -0.2) is 35.9 Å². The van der Waals surface area contributed by atoms with Gasteiger partial charge in [0.1, 0.15) is 0 Å². The highest BCUT2D eigenvalue weighted by Gasteiger charge is 2.18. The molecule has 0 spiro atoms. The van der Waals surface area contributed by atoms with Crippen molar-refractivity contribution in [2.24, 2.45) is 0 Å². The van der Waals surface area contributed by atoms with Crippen LogP contribution in [0.2, 0.25) is 0 Å². The summed E-state index contributed by atoms with van der Waals surface area (Å²) in [5, 5.41) is 2.83. The summed E-state index contributed by atoms with van der Waals surface area (Å²) in [6.07, 6.45) is 4.11. The molecule has 0 aromatic carbocycles. The van der Waals surface area contributed by atoms with E-state index in [2.05, 4.69) is 10.3 Å². The zero-order valence-corrected chi connectivity index (χ0v) is 9.40. The van der Waals surface area contributed by atoms with Crippen molar-refractivity contribution in [2.45, 2.75) is 19.4 Å². The minimum absolute atomic E-state index is 0.00972. The number of aromatic nitrogens is 1. The first kappa shape index (κ1) is 11.7. The molecular weight excluding hydrogens is 190 g/mol. The molecule has 1 N–H and O–H groups in total. The van der Waals surface area contributed by atoms with Crippen LogP contribution in [-0.2, 0) is 4.79 Å². The molecule has 82 valence electrons. The number of amides is 1. The van der Waals surface area contributed by atoms with Gasteiger partial charge in [0.05, 0.1) is 17.9 Å². The summed E-state index contributed by atoms with van der Waals surface area (Å²) in [5.41, 5.74) is 0.739. The van der Waals surface area contributed by atoms with E-state index in [0.29, 0.717) is 0 Å². The fraction of sp³-hybridized carbons (Fsp3) is 0.455. The summed E-state index contributed by atoms with van der Waals surface area (Å²) in [5.74, 6) is 0.00972. The standard InChI is InChI=1S/C11H17N3O/c1-4-10(14(2)3)11(15)13-9-6-5-7-12-8-9/h5-8,10H,4H2,1-3H3,(H,13,15)/t10-/m1/s1. The first-order valence-electron chi connectivity index (χ1n) is 5.02. The van der Waals surface area contributed by atoms with E-state index in [1.54, 1.807) is 18.5 Å². The number of pyridine rings is 1. The van der Waals surface area contributed by atoms with Gasteiger partial charge in [0.15, 0.2) is 0 Å². The van der Waals surface area contributed by atoms with Crippen LogP contribution >= 0.6 is 0 Å². The minimum Gasteiger partial charge on any atom is -0.323 e. The lowest BCUT2D eigenvalue weighted by molar-refractivity contribution is -0.120. The van der Waals surface area contributed by atoms with Crippen LogP contribution in [0, 0.1) is 0 Å². The Bertz CT molecular complexity index is 311. The second-order valence-corrected chi connectivity index (χ2v) is 3.62. The summed E-state index contributed by atoms with van der Waals surface area (Å²) in [6, 6.07) is 3.53. The van der Waals surface area contributed by atoms with E-state index in [1.807, 2.05) is 32.0 Å². The third-order valence-electron chi connectivity index (χ3n) is 2.24. The van der Waals surface area contributed by atoms with Crippen LogP contribution in [0.1, 0.15) is 13.3 Å². The average Bonchev–Trinajstić information content (AvgIpc) is 2.19. The third-order valence-corrected chi connectivity index (χ3v) is 2.24. The number of carbonyl (C=O) groups excluding carboxylic acids is 1. The zero-order chi connectivity index (χ0) is 11.3. The van der Waals surface area contributed by atoms with E-state index in [0.717, 1.165) is 12.1 Å². The van der Waals surface area contributed by atoms with E-state index >= 15 is 0 Å². The van der Waals surface area contributed by atoms with Gasteiger partial charge in [-0.2, -0.15) is 0 Å². The summed E-state index contributed by atoms with van der Waals surface area (Å²) in [7, 11) is 3.80. The monoisotopic (exact) mass is 207 g/mol. The van der Waals surface area contributed by atoms with Gasteiger partial charge in [-0.3, -0.25) is 14.7 Å². The lowest BCUT2D eigenvalue weighted by Gasteiger charge is -2.21. The molecule has 4 nitrogen and oxygen atoms in total. The van der Waals surface area contributed by atoms with Crippen LogP contribution in [0.5, 0.6) is 0 Å². The fourth-order valence-corrected chi connectivity index (χ4v) is 1.45. The Morgan fingerprint density at radius 1 is 1.60 bits per heavy atom. The predicted molar refractivity (Wildman–Crippen MR) is 60.6 cm³/mol. The van der Waals surface area contributed by atoms with Crippen LogP contribution in [0.3, 0.4) is 0 Å². The first-order valence-corrected chi connectivity index (χ1v) is 5.02. The highest BCUT2D eigenvalue weighted by Crippen LogP contribution is 2.06. The molecule has 0 unspecified atom stereocenters. The number of likely N-dealkylation sites (N-methyl/N-ethyl adjacent to an activating group) is 1. The van der Waals surface area contributed by atoms with Gasteiger partial charge in [-0.1, -0.05) is 6.92 Å². The summed E-state index contributed by atoms with van der Waals surface area (Å²) >= 11 is 0. The normalized spacial score (nSPS) is 12.5. The summed E-state index contributed by atoms with van der Waals surface area (Å²) in [4.78, 5) is 17.7. The number of rotatable bonds is 4. The third kappa shape index (κ3) is 3.32. The Hall–Kier alpha value is -1.42. The van der Waals surface area contributed by atoms with Crippen molar-refractivity contribution in [3.8, 4) is 0 Å². The lowest BCUT2D eigenvalue weighted by Crippen LogP contribution is -2.39. The van der Waals surface area contributed by atoms with E-state index in [9.17, 15) is 4.79 Å². The van der Waals surface area contributed by atoms with E-state index in [1.165, 1.54) is 0 Å². The maximum atomic E-state index is 11.8. The maximum Gasteiger partial charge on any atom is 0.241 e. The molecule has 0 aliphatic heterocycles. The Kier molecular flexibility index (Phi) is 4.24. The molecule has 0 bridgehead atoms. The second kappa shape index (κ2) is 5.46. The Morgan fingerprint density at radius 3 is 2.80 bits per heavy atom. The highest BCUT2D eigenvalue weighted by molar-refractivity contribution is 5.94. The molecule has 15 heavy (non-hydrogen) atoms. The lowest BCUT2D eigenvalue weighted by atomic mass is 10.2. The quantitative estimate of drug-likeness (QED) is 0.810. The topological polar surface area (TPSA) is 45.2 Å². The first-order chi connectivity index (χ1) is 7.15. The summed E-state index contributed by atoms with van der Waals surface area (Å²) < 4.78 is 0. The number of carbonyl (C=O) groups is 1. The van der Waals surface area contributed by atoms with Crippen molar-refractivity contribution in [3.63, 3.8) is 0 Å². The molecule has 0 radical (unpaired) electrons. The van der Waals surface area contributed by atoms with Gasteiger partial charge in [-0.25, -0.2) is 0 Å². The molecule has 1 heterocycles. The number of hydrogen-bond donors (Lipinski definition) is 1. The molecule has 0 aliphatic rings. The van der Waals surface area contributed by atoms with Crippen molar-refractivity contribution in [1.29, 1.82) is 0 Å². The molecule has 1 aromatic rings.